The molecule has 2 aromatic carbocycles. The van der Waals surface area contributed by atoms with Gasteiger partial charge in [-0.05, 0) is 43.3 Å². The number of carbonyl (C=O) groups is 3. The zero-order valence-corrected chi connectivity index (χ0v) is 13.6. The lowest BCUT2D eigenvalue weighted by atomic mass is 10.1. The molecule has 6 nitrogen and oxygen atoms in total. The number of nitrogens with zero attached hydrogens (tertiary/aromatic N) is 1. The topological polar surface area (TPSA) is 75.7 Å². The summed E-state index contributed by atoms with van der Waals surface area (Å²) >= 11 is 0. The van der Waals surface area contributed by atoms with Gasteiger partial charge >= 0.3 is 6.61 Å². The molecular weight excluding hydrogens is 346 g/mol. The Balaban J connectivity index is 1.71. The van der Waals surface area contributed by atoms with E-state index in [1.54, 1.807) is 12.1 Å². The highest BCUT2D eigenvalue weighted by atomic mass is 19.3. The minimum absolute atomic E-state index is 0.0496. The molecule has 3 amide bonds. The molecule has 0 saturated heterocycles. The van der Waals surface area contributed by atoms with E-state index in [9.17, 15) is 23.2 Å². The lowest BCUT2D eigenvalue weighted by molar-refractivity contribution is -0.119. The number of ether oxygens (including phenoxy) is 1. The number of benzene rings is 2. The third-order valence-corrected chi connectivity index (χ3v) is 3.94. The summed E-state index contributed by atoms with van der Waals surface area (Å²) in [6.07, 6.45) is 0. The summed E-state index contributed by atoms with van der Waals surface area (Å²) in [7, 11) is 0. The number of alkyl halides is 2. The molecule has 134 valence electrons. The van der Waals surface area contributed by atoms with Crippen molar-refractivity contribution >= 4 is 23.4 Å². The fourth-order valence-corrected chi connectivity index (χ4v) is 2.64. The van der Waals surface area contributed by atoms with Gasteiger partial charge in [0.25, 0.3) is 11.8 Å². The van der Waals surface area contributed by atoms with Gasteiger partial charge in [0.2, 0.25) is 5.91 Å². The predicted octanol–water partition coefficient (Wildman–Crippen LogP) is 2.91. The fourth-order valence-electron chi connectivity index (χ4n) is 2.64. The number of anilines is 1. The highest BCUT2D eigenvalue weighted by Gasteiger charge is 2.40. The number of hydrogen-bond acceptors (Lipinski definition) is 4. The maximum atomic E-state index is 12.4. The molecular formula is C18H14F2N2O4. The lowest BCUT2D eigenvalue weighted by Gasteiger charge is -2.21. The van der Waals surface area contributed by atoms with Crippen LogP contribution in [0.3, 0.4) is 0 Å². The molecule has 0 aromatic heterocycles. The Kier molecular flexibility index (Phi) is 4.66. The molecule has 1 atom stereocenters. The van der Waals surface area contributed by atoms with Crippen molar-refractivity contribution in [2.24, 2.45) is 0 Å². The van der Waals surface area contributed by atoms with E-state index < -0.39 is 30.4 Å². The van der Waals surface area contributed by atoms with Crippen LogP contribution in [-0.2, 0) is 4.79 Å². The number of fused-ring (bicyclic) bond motifs is 1. The van der Waals surface area contributed by atoms with E-state index in [0.717, 1.165) is 4.90 Å². The van der Waals surface area contributed by atoms with Gasteiger partial charge in [-0.2, -0.15) is 8.78 Å². The molecule has 1 N–H and O–H groups in total. The quantitative estimate of drug-likeness (QED) is 0.832. The van der Waals surface area contributed by atoms with E-state index >= 15 is 0 Å². The van der Waals surface area contributed by atoms with Gasteiger partial charge in [-0.1, -0.05) is 12.1 Å². The monoisotopic (exact) mass is 360 g/mol. The average molecular weight is 360 g/mol. The number of imide groups is 1. The first-order valence-electron chi connectivity index (χ1n) is 7.71. The summed E-state index contributed by atoms with van der Waals surface area (Å²) in [5, 5.41) is 2.54. The van der Waals surface area contributed by atoms with Crippen LogP contribution in [0, 0.1) is 0 Å². The average Bonchev–Trinajstić information content (AvgIpc) is 2.87. The van der Waals surface area contributed by atoms with E-state index in [1.807, 2.05) is 0 Å². The van der Waals surface area contributed by atoms with Gasteiger partial charge in [-0.15, -0.1) is 0 Å². The molecule has 0 radical (unpaired) electrons. The van der Waals surface area contributed by atoms with E-state index in [4.69, 9.17) is 0 Å². The van der Waals surface area contributed by atoms with Crippen LogP contribution in [0.15, 0.2) is 48.5 Å². The molecule has 0 bridgehead atoms. The van der Waals surface area contributed by atoms with Crippen LogP contribution in [-0.4, -0.2) is 35.3 Å². The fraction of sp³-hybridized carbons (Fsp3) is 0.167. The van der Waals surface area contributed by atoms with Crippen LogP contribution >= 0.6 is 0 Å². The molecule has 0 fully saturated rings. The molecule has 1 aliphatic rings. The molecule has 1 aliphatic heterocycles. The van der Waals surface area contributed by atoms with Crippen LogP contribution in [0.25, 0.3) is 0 Å². The van der Waals surface area contributed by atoms with Crippen molar-refractivity contribution in [3.05, 3.63) is 59.7 Å². The smallest absolute Gasteiger partial charge is 0.387 e. The molecule has 0 spiro atoms. The summed E-state index contributed by atoms with van der Waals surface area (Å²) in [5.74, 6) is -1.70. The molecule has 2 aromatic rings. The van der Waals surface area contributed by atoms with Crippen LogP contribution in [0.5, 0.6) is 5.75 Å². The first kappa shape index (κ1) is 17.5. The Hall–Kier alpha value is -3.29. The largest absolute Gasteiger partial charge is 0.435 e. The molecule has 0 saturated carbocycles. The Morgan fingerprint density at radius 2 is 1.54 bits per heavy atom. The van der Waals surface area contributed by atoms with E-state index in [1.165, 1.54) is 43.3 Å². The number of amides is 3. The Morgan fingerprint density at radius 3 is 2.04 bits per heavy atom. The predicted molar refractivity (Wildman–Crippen MR) is 88.1 cm³/mol. The van der Waals surface area contributed by atoms with Gasteiger partial charge in [-0.25, -0.2) is 0 Å². The Bertz CT molecular complexity index is 833. The van der Waals surface area contributed by atoms with E-state index in [2.05, 4.69) is 10.1 Å². The van der Waals surface area contributed by atoms with Crippen LogP contribution in [0.1, 0.15) is 27.6 Å². The van der Waals surface area contributed by atoms with Crippen LogP contribution in [0.2, 0.25) is 0 Å². The van der Waals surface area contributed by atoms with Crippen molar-refractivity contribution in [3.63, 3.8) is 0 Å². The minimum atomic E-state index is -2.94. The van der Waals surface area contributed by atoms with E-state index in [-0.39, 0.29) is 16.9 Å². The normalized spacial score (nSPS) is 14.4. The number of hydrogen-bond donors (Lipinski definition) is 1. The Morgan fingerprint density at radius 1 is 1.00 bits per heavy atom. The first-order valence-corrected chi connectivity index (χ1v) is 7.71. The van der Waals surface area contributed by atoms with Crippen LogP contribution < -0.4 is 10.1 Å². The van der Waals surface area contributed by atoms with Crippen molar-refractivity contribution < 1.29 is 27.9 Å². The second-order valence-electron chi connectivity index (χ2n) is 5.59. The third kappa shape index (κ3) is 3.26. The SMILES string of the molecule is CC(C(=O)Nc1ccc(OC(F)F)cc1)N1C(=O)c2ccccc2C1=O. The summed E-state index contributed by atoms with van der Waals surface area (Å²) in [4.78, 5) is 38.1. The second kappa shape index (κ2) is 6.91. The molecule has 1 heterocycles. The molecule has 0 aliphatic carbocycles. The van der Waals surface area contributed by atoms with E-state index in [0.29, 0.717) is 5.69 Å². The molecule has 3 rings (SSSR count). The summed E-state index contributed by atoms with van der Waals surface area (Å²) < 4.78 is 28.5. The highest BCUT2D eigenvalue weighted by molar-refractivity contribution is 6.23. The maximum Gasteiger partial charge on any atom is 0.387 e. The van der Waals surface area contributed by atoms with Gasteiger partial charge < -0.3 is 10.1 Å². The van der Waals surface area contributed by atoms with Crippen LogP contribution in [0.4, 0.5) is 14.5 Å². The number of carbonyl (C=O) groups excluding carboxylic acids is 3. The maximum absolute atomic E-state index is 12.4. The summed E-state index contributed by atoms with van der Waals surface area (Å²) in [5.41, 5.74) is 0.830. The zero-order valence-electron chi connectivity index (χ0n) is 13.6. The second-order valence-corrected chi connectivity index (χ2v) is 5.59. The molecule has 1 unspecified atom stereocenters. The van der Waals surface area contributed by atoms with Gasteiger partial charge in [0.1, 0.15) is 11.8 Å². The van der Waals surface area contributed by atoms with Gasteiger partial charge in [0.15, 0.2) is 0 Å². The van der Waals surface area contributed by atoms with Gasteiger partial charge in [0, 0.05) is 5.69 Å². The lowest BCUT2D eigenvalue weighted by Crippen LogP contribution is -2.45. The summed E-state index contributed by atoms with van der Waals surface area (Å²) in [6, 6.07) is 10.6. The highest BCUT2D eigenvalue weighted by Crippen LogP contribution is 2.25. The standard InChI is InChI=1S/C18H14F2N2O4/c1-10(22-16(24)13-4-2-3-5-14(13)17(22)25)15(23)21-11-6-8-12(9-7-11)26-18(19)20/h2-10,18H,1H3,(H,21,23). The third-order valence-electron chi connectivity index (χ3n) is 3.94. The van der Waals surface area contributed by atoms with Crippen molar-refractivity contribution in [1.82, 2.24) is 4.90 Å². The first-order chi connectivity index (χ1) is 12.4. The zero-order chi connectivity index (χ0) is 18.8. The number of rotatable bonds is 5. The van der Waals surface area contributed by atoms with Gasteiger partial charge in [-0.3, -0.25) is 19.3 Å². The minimum Gasteiger partial charge on any atom is -0.435 e. The van der Waals surface area contributed by atoms with Gasteiger partial charge in [0.05, 0.1) is 11.1 Å². The van der Waals surface area contributed by atoms with Crippen molar-refractivity contribution in [3.8, 4) is 5.75 Å². The van der Waals surface area contributed by atoms with Crippen molar-refractivity contribution in [2.75, 3.05) is 5.32 Å². The van der Waals surface area contributed by atoms with Crippen molar-refractivity contribution in [1.29, 1.82) is 0 Å². The number of nitrogens with one attached hydrogen (secondary N) is 1. The molecule has 8 heteroatoms. The van der Waals surface area contributed by atoms with Crippen molar-refractivity contribution in [2.45, 2.75) is 19.6 Å². The Labute approximate surface area is 147 Å². The molecule has 26 heavy (non-hydrogen) atoms. The number of halogens is 2. The summed E-state index contributed by atoms with van der Waals surface area (Å²) in [6.45, 7) is -1.50.